The van der Waals surface area contributed by atoms with Crippen molar-refractivity contribution in [2.75, 3.05) is 46.5 Å². The molecule has 0 bridgehead atoms. The molecule has 2 atom stereocenters. The maximum Gasteiger partial charge on any atom is 0.573 e. The normalized spacial score (nSPS) is 23.4. The smallest absolute Gasteiger partial charge is 0.480 e. The lowest BCUT2D eigenvalue weighted by atomic mass is 9.96. The number of fused-ring (bicyclic) bond motifs is 1. The number of aliphatic carboxylic acids is 1. The van der Waals surface area contributed by atoms with E-state index in [1.54, 1.807) is 30.4 Å². The van der Waals surface area contributed by atoms with Crippen LogP contribution in [0.15, 0.2) is 57.6 Å². The molecule has 1 saturated heterocycles. The zero-order chi connectivity index (χ0) is 31.5. The molecule has 1 saturated carbocycles. The molecule has 4 aliphatic rings. The highest BCUT2D eigenvalue weighted by atomic mass is 32.2. The summed E-state index contributed by atoms with van der Waals surface area (Å²) in [7, 11) is -2.54. The zero-order valence-corrected chi connectivity index (χ0v) is 25.0. The second kappa shape index (κ2) is 13.0. The van der Waals surface area contributed by atoms with Gasteiger partial charge in [0.1, 0.15) is 5.75 Å². The van der Waals surface area contributed by atoms with Crippen molar-refractivity contribution in [3.63, 3.8) is 0 Å². The Morgan fingerprint density at radius 1 is 1.11 bits per heavy atom. The first-order valence-electron chi connectivity index (χ1n) is 14.4. The van der Waals surface area contributed by atoms with Crippen LogP contribution in [0.25, 0.3) is 0 Å². The zero-order valence-electron chi connectivity index (χ0n) is 24.2. The summed E-state index contributed by atoms with van der Waals surface area (Å²) in [6.45, 7) is 2.62. The minimum absolute atomic E-state index is 0.00289. The molecular weight excluding hydrogens is 605 g/mol. The number of likely N-dealkylation sites (tertiary alicyclic amines) is 1. The Hall–Kier alpha value is -3.27. The molecule has 15 heteroatoms. The molecule has 0 amide bonds. The molecule has 240 valence electrons. The summed E-state index contributed by atoms with van der Waals surface area (Å²) >= 11 is 0. The average Bonchev–Trinajstić information content (AvgIpc) is 3.78. The Bertz CT molecular complexity index is 1450. The standard InChI is InChI=1S/C29H35F3N4O7S/c1-41-18-16-35-14-11-28(12-15-35,27(37)38)44(39,40)23-9-7-21(8-10-23)42-17-2-13-36-33-25-19-24(25)26(34-36)20-3-5-22(6-4-20)43-29(30,31)32/h3-7,9-10,21,24H,2,8,11-19H2,1H3,(H,37,38). The molecule has 2 fully saturated rings. The number of ether oxygens (including phenoxy) is 3. The van der Waals surface area contributed by atoms with Gasteiger partial charge in [0.15, 0.2) is 14.6 Å². The van der Waals surface area contributed by atoms with Gasteiger partial charge in [-0.3, -0.25) is 4.79 Å². The van der Waals surface area contributed by atoms with E-state index in [1.165, 1.54) is 24.3 Å². The number of hydrogen-bond donors (Lipinski definition) is 1. The van der Waals surface area contributed by atoms with E-state index in [2.05, 4.69) is 14.9 Å². The number of benzene rings is 1. The van der Waals surface area contributed by atoms with Gasteiger partial charge in [0.05, 0.1) is 35.6 Å². The van der Waals surface area contributed by atoms with Crippen LogP contribution < -0.4 is 4.74 Å². The number of hydrogen-bond acceptors (Lipinski definition) is 10. The summed E-state index contributed by atoms with van der Waals surface area (Å²) in [6.07, 6.45) is 1.12. The topological polar surface area (TPSA) is 130 Å². The number of methoxy groups -OCH3 is 1. The second-order valence-electron chi connectivity index (χ2n) is 11.1. The Morgan fingerprint density at radius 3 is 2.45 bits per heavy atom. The number of alkyl halides is 3. The molecule has 0 spiro atoms. The maximum atomic E-state index is 13.5. The second-order valence-corrected chi connectivity index (χ2v) is 13.4. The minimum Gasteiger partial charge on any atom is -0.480 e. The number of halogens is 3. The van der Waals surface area contributed by atoms with Gasteiger partial charge < -0.3 is 24.2 Å². The van der Waals surface area contributed by atoms with E-state index in [1.807, 2.05) is 4.90 Å². The Kier molecular flexibility index (Phi) is 9.49. The summed E-state index contributed by atoms with van der Waals surface area (Å²) in [5.74, 6) is -1.56. The third kappa shape index (κ3) is 7.16. The molecule has 1 aromatic rings. The van der Waals surface area contributed by atoms with Gasteiger partial charge in [0, 0.05) is 45.7 Å². The lowest BCUT2D eigenvalue weighted by molar-refractivity contribution is -0.274. The van der Waals surface area contributed by atoms with Crippen molar-refractivity contribution in [3.8, 4) is 5.75 Å². The fourth-order valence-electron chi connectivity index (χ4n) is 5.59. The number of nitrogens with zero attached hydrogens (tertiary/aromatic N) is 4. The fourth-order valence-corrected chi connectivity index (χ4v) is 7.57. The van der Waals surface area contributed by atoms with Gasteiger partial charge in [0.2, 0.25) is 0 Å². The molecule has 1 aromatic carbocycles. The molecule has 1 N–H and O–H groups in total. The van der Waals surface area contributed by atoms with Crippen LogP contribution in [0.2, 0.25) is 0 Å². The Morgan fingerprint density at radius 2 is 1.84 bits per heavy atom. The van der Waals surface area contributed by atoms with E-state index < -0.39 is 26.9 Å². The Labute approximate surface area is 253 Å². The molecule has 2 aliphatic carbocycles. The molecule has 0 aromatic heterocycles. The van der Waals surface area contributed by atoms with Crippen LogP contribution in [0.4, 0.5) is 13.2 Å². The molecule has 2 aliphatic heterocycles. The van der Waals surface area contributed by atoms with Crippen molar-refractivity contribution in [3.05, 3.63) is 53.0 Å². The van der Waals surface area contributed by atoms with Crippen molar-refractivity contribution < 1.29 is 45.7 Å². The number of allylic oxidation sites excluding steroid dienone is 1. The molecular formula is C29H35F3N4O7S. The number of carboxylic acids is 1. The van der Waals surface area contributed by atoms with E-state index in [0.717, 1.165) is 17.8 Å². The van der Waals surface area contributed by atoms with Crippen LogP contribution in [0.3, 0.4) is 0 Å². The predicted octanol–water partition coefficient (Wildman–Crippen LogP) is 3.58. The molecule has 2 heterocycles. The van der Waals surface area contributed by atoms with Crippen LogP contribution in [-0.4, -0.2) is 105 Å². The summed E-state index contributed by atoms with van der Waals surface area (Å²) in [5.41, 5.74) is 2.39. The van der Waals surface area contributed by atoms with Crippen molar-refractivity contribution in [1.82, 2.24) is 10.0 Å². The lowest BCUT2D eigenvalue weighted by Crippen LogP contribution is -2.55. The van der Waals surface area contributed by atoms with E-state index in [0.29, 0.717) is 57.8 Å². The van der Waals surface area contributed by atoms with Gasteiger partial charge in [-0.05, 0) is 61.6 Å². The first-order chi connectivity index (χ1) is 20.9. The van der Waals surface area contributed by atoms with E-state index in [9.17, 15) is 31.5 Å². The van der Waals surface area contributed by atoms with Crippen LogP contribution in [-0.2, 0) is 24.1 Å². The largest absolute Gasteiger partial charge is 0.573 e. The summed E-state index contributed by atoms with van der Waals surface area (Å²) in [6, 6.07) is 5.61. The van der Waals surface area contributed by atoms with Gasteiger partial charge in [-0.15, -0.1) is 13.2 Å². The molecule has 11 nitrogen and oxygen atoms in total. The summed E-state index contributed by atoms with van der Waals surface area (Å²) < 4.78 is 77.5. The third-order valence-corrected chi connectivity index (χ3v) is 10.7. The maximum absolute atomic E-state index is 13.5. The van der Waals surface area contributed by atoms with Gasteiger partial charge in [-0.2, -0.15) is 15.3 Å². The number of piperidine rings is 1. The number of hydrazone groups is 2. The Balaban J connectivity index is 1.11. The van der Waals surface area contributed by atoms with Gasteiger partial charge in [-0.1, -0.05) is 12.2 Å². The van der Waals surface area contributed by atoms with Gasteiger partial charge in [-0.25, -0.2) is 8.42 Å². The fraction of sp³-hybridized carbons (Fsp3) is 0.552. The average molecular weight is 641 g/mol. The van der Waals surface area contributed by atoms with Crippen LogP contribution in [0.1, 0.15) is 37.7 Å². The van der Waals surface area contributed by atoms with Crippen LogP contribution in [0.5, 0.6) is 5.75 Å². The summed E-state index contributed by atoms with van der Waals surface area (Å²) in [5, 5.41) is 20.6. The molecule has 2 unspecified atom stereocenters. The van der Waals surface area contributed by atoms with E-state index in [4.69, 9.17) is 9.47 Å². The van der Waals surface area contributed by atoms with Crippen molar-refractivity contribution in [2.45, 2.75) is 49.3 Å². The molecule has 44 heavy (non-hydrogen) atoms. The third-order valence-electron chi connectivity index (χ3n) is 8.19. The number of sulfone groups is 1. The molecule has 0 radical (unpaired) electrons. The SMILES string of the molecule is COCCN1CCC(C(=O)O)(S(=O)(=O)C2=CCC(OCCCN3N=C4CC4C(c4ccc(OC(F)(F)F)cc4)=N3)C=C2)CC1. The first kappa shape index (κ1) is 32.1. The highest BCUT2D eigenvalue weighted by Crippen LogP contribution is 2.38. The first-order valence-corrected chi connectivity index (χ1v) is 15.9. The van der Waals surface area contributed by atoms with Crippen molar-refractivity contribution in [1.29, 1.82) is 0 Å². The summed E-state index contributed by atoms with van der Waals surface area (Å²) in [4.78, 5) is 14.3. The number of rotatable bonds is 13. The van der Waals surface area contributed by atoms with Crippen molar-refractivity contribution in [2.24, 2.45) is 16.1 Å². The highest BCUT2D eigenvalue weighted by molar-refractivity contribution is 7.97. The number of carboxylic acid groups (broad SMARTS) is 1. The highest BCUT2D eigenvalue weighted by Gasteiger charge is 2.53. The predicted molar refractivity (Wildman–Crippen MR) is 155 cm³/mol. The van der Waals surface area contributed by atoms with Gasteiger partial charge in [0.25, 0.3) is 0 Å². The quantitative estimate of drug-likeness (QED) is 0.322. The minimum atomic E-state index is -4.76. The number of carbonyl (C=O) groups is 1. The molecule has 5 rings (SSSR count). The van der Waals surface area contributed by atoms with E-state index in [-0.39, 0.29) is 35.5 Å². The van der Waals surface area contributed by atoms with E-state index >= 15 is 0 Å². The lowest BCUT2D eigenvalue weighted by Gasteiger charge is -2.38. The monoisotopic (exact) mass is 640 g/mol. The van der Waals surface area contributed by atoms with Crippen molar-refractivity contribution >= 4 is 27.2 Å². The van der Waals surface area contributed by atoms with Crippen LogP contribution in [0, 0.1) is 5.92 Å². The van der Waals surface area contributed by atoms with Crippen LogP contribution >= 0.6 is 0 Å². The van der Waals surface area contributed by atoms with Gasteiger partial charge >= 0.3 is 12.3 Å².